The number of nitrogens with zero attached hydrogens (tertiary/aromatic N) is 2. The van der Waals surface area contributed by atoms with Crippen LogP contribution >= 0.6 is 0 Å². The number of aromatic nitrogens is 2. The zero-order valence-electron chi connectivity index (χ0n) is 15.1. The van der Waals surface area contributed by atoms with Crippen LogP contribution in [0.3, 0.4) is 0 Å². The SMILES string of the molecule is Cc1cc(C[C@@H]2CN(C(=O)c3ccc(C(F)(F)F)cc3C(F)(F)F)C[C@H]2O)n[nH]1. The fraction of sp³-hybridized carbons (Fsp3) is 0.444. The van der Waals surface area contributed by atoms with Crippen LogP contribution in [0, 0.1) is 12.8 Å². The zero-order valence-corrected chi connectivity index (χ0v) is 15.1. The number of rotatable bonds is 3. The lowest BCUT2D eigenvalue weighted by Gasteiger charge is -2.20. The number of aryl methyl sites for hydroxylation is 1. The average molecular weight is 421 g/mol. The molecule has 0 saturated carbocycles. The number of hydrogen-bond donors (Lipinski definition) is 2. The largest absolute Gasteiger partial charge is 0.417 e. The van der Waals surface area contributed by atoms with E-state index in [9.17, 15) is 36.2 Å². The first-order chi connectivity index (χ1) is 13.4. The van der Waals surface area contributed by atoms with Crippen LogP contribution in [-0.4, -0.2) is 45.3 Å². The van der Waals surface area contributed by atoms with E-state index in [1.54, 1.807) is 13.0 Å². The lowest BCUT2D eigenvalue weighted by atomic mass is 10.00. The molecule has 3 rings (SSSR count). The van der Waals surface area contributed by atoms with Gasteiger partial charge >= 0.3 is 12.4 Å². The van der Waals surface area contributed by atoms with Gasteiger partial charge in [-0.15, -0.1) is 0 Å². The van der Waals surface area contributed by atoms with Crippen molar-refractivity contribution in [1.29, 1.82) is 0 Å². The number of halogens is 6. The molecule has 1 aromatic carbocycles. The van der Waals surface area contributed by atoms with Crippen molar-refractivity contribution < 1.29 is 36.2 Å². The first kappa shape index (κ1) is 21.2. The van der Waals surface area contributed by atoms with Gasteiger partial charge < -0.3 is 10.0 Å². The van der Waals surface area contributed by atoms with Gasteiger partial charge in [-0.3, -0.25) is 9.89 Å². The number of nitrogens with one attached hydrogen (secondary N) is 1. The van der Waals surface area contributed by atoms with Crippen LogP contribution in [0.15, 0.2) is 24.3 Å². The molecule has 5 nitrogen and oxygen atoms in total. The molecule has 29 heavy (non-hydrogen) atoms. The fourth-order valence-electron chi connectivity index (χ4n) is 3.38. The zero-order chi connectivity index (χ0) is 21.6. The van der Waals surface area contributed by atoms with E-state index in [1.165, 1.54) is 0 Å². The second-order valence-electron chi connectivity index (χ2n) is 7.04. The molecule has 1 aliphatic heterocycles. The molecule has 1 fully saturated rings. The minimum absolute atomic E-state index is 0.0375. The van der Waals surface area contributed by atoms with Crippen LogP contribution in [0.25, 0.3) is 0 Å². The highest BCUT2D eigenvalue weighted by Gasteiger charge is 2.42. The van der Waals surface area contributed by atoms with Crippen molar-refractivity contribution in [1.82, 2.24) is 15.1 Å². The van der Waals surface area contributed by atoms with Crippen molar-refractivity contribution in [2.45, 2.75) is 31.8 Å². The number of likely N-dealkylation sites (tertiary alicyclic amines) is 1. The van der Waals surface area contributed by atoms with Crippen molar-refractivity contribution >= 4 is 5.91 Å². The Hall–Kier alpha value is -2.56. The van der Waals surface area contributed by atoms with Gasteiger partial charge in [-0.05, 0) is 37.6 Å². The number of carbonyl (C=O) groups excluding carboxylic acids is 1. The van der Waals surface area contributed by atoms with Crippen LogP contribution in [-0.2, 0) is 18.8 Å². The molecule has 158 valence electrons. The quantitative estimate of drug-likeness (QED) is 0.747. The van der Waals surface area contributed by atoms with Gasteiger partial charge in [0.05, 0.1) is 28.5 Å². The van der Waals surface area contributed by atoms with E-state index >= 15 is 0 Å². The third-order valence-electron chi connectivity index (χ3n) is 4.81. The smallest absolute Gasteiger partial charge is 0.391 e. The van der Waals surface area contributed by atoms with Gasteiger partial charge in [0.15, 0.2) is 0 Å². The maximum absolute atomic E-state index is 13.3. The Morgan fingerprint density at radius 1 is 1.17 bits per heavy atom. The monoisotopic (exact) mass is 421 g/mol. The predicted molar refractivity (Wildman–Crippen MR) is 88.9 cm³/mol. The number of H-pyrrole nitrogens is 1. The van der Waals surface area contributed by atoms with E-state index in [-0.39, 0.29) is 19.2 Å². The number of amides is 1. The van der Waals surface area contributed by atoms with Gasteiger partial charge in [0.1, 0.15) is 0 Å². The van der Waals surface area contributed by atoms with Crippen molar-refractivity contribution in [3.05, 3.63) is 52.3 Å². The third-order valence-corrected chi connectivity index (χ3v) is 4.81. The fourth-order valence-corrected chi connectivity index (χ4v) is 3.38. The highest BCUT2D eigenvalue weighted by molar-refractivity contribution is 5.96. The number of aliphatic hydroxyl groups is 1. The highest BCUT2D eigenvalue weighted by Crippen LogP contribution is 2.38. The van der Waals surface area contributed by atoms with Crippen molar-refractivity contribution in [2.24, 2.45) is 5.92 Å². The summed E-state index contributed by atoms with van der Waals surface area (Å²) < 4.78 is 78.3. The molecule has 2 N–H and O–H groups in total. The van der Waals surface area contributed by atoms with Crippen molar-refractivity contribution in [3.63, 3.8) is 0 Å². The van der Waals surface area contributed by atoms with Crippen LogP contribution in [0.2, 0.25) is 0 Å². The molecule has 1 aliphatic rings. The summed E-state index contributed by atoms with van der Waals surface area (Å²) in [6, 6.07) is 2.66. The van der Waals surface area contributed by atoms with Crippen molar-refractivity contribution in [3.8, 4) is 0 Å². The number of alkyl halides is 6. The summed E-state index contributed by atoms with van der Waals surface area (Å²) in [6.45, 7) is 1.52. The molecule has 2 atom stereocenters. The number of aromatic amines is 1. The summed E-state index contributed by atoms with van der Waals surface area (Å²) in [5.74, 6) is -1.53. The molecule has 0 bridgehead atoms. The molecule has 1 amide bonds. The minimum Gasteiger partial charge on any atom is -0.391 e. The highest BCUT2D eigenvalue weighted by atomic mass is 19.4. The summed E-state index contributed by atoms with van der Waals surface area (Å²) in [5, 5.41) is 17.0. The first-order valence-corrected chi connectivity index (χ1v) is 8.63. The van der Waals surface area contributed by atoms with E-state index in [2.05, 4.69) is 10.2 Å². The van der Waals surface area contributed by atoms with E-state index in [0.717, 1.165) is 10.6 Å². The predicted octanol–water partition coefficient (Wildman–Crippen LogP) is 3.43. The number of hydrogen-bond acceptors (Lipinski definition) is 3. The Bertz CT molecular complexity index is 906. The number of β-amino-alcohol motifs (C(OH)–C–C–N with tert-alkyl or cyclic N) is 1. The van der Waals surface area contributed by atoms with Gasteiger partial charge in [0, 0.05) is 24.7 Å². The van der Waals surface area contributed by atoms with E-state index in [1.807, 2.05) is 0 Å². The standard InChI is InChI=1S/C18H17F6N3O2/c1-9-4-12(26-25-9)5-10-7-27(8-15(10)28)16(29)13-3-2-11(17(19,20)21)6-14(13)18(22,23)24/h2-4,6,10,15,28H,5,7-8H2,1H3,(H,25,26)/t10-,15-/m1/s1. The van der Waals surface area contributed by atoms with Crippen LogP contribution in [0.5, 0.6) is 0 Å². The van der Waals surface area contributed by atoms with Crippen LogP contribution in [0.1, 0.15) is 32.9 Å². The third kappa shape index (κ3) is 4.55. The van der Waals surface area contributed by atoms with E-state index < -0.39 is 47.0 Å². The van der Waals surface area contributed by atoms with E-state index in [0.29, 0.717) is 24.2 Å². The lowest BCUT2D eigenvalue weighted by Crippen LogP contribution is -2.31. The number of carbonyl (C=O) groups is 1. The molecule has 0 unspecified atom stereocenters. The second-order valence-corrected chi connectivity index (χ2v) is 7.04. The summed E-state index contributed by atoms with van der Waals surface area (Å²) >= 11 is 0. The molecule has 1 aromatic heterocycles. The minimum atomic E-state index is -5.14. The summed E-state index contributed by atoms with van der Waals surface area (Å²) in [5.41, 5.74) is -2.60. The number of aliphatic hydroxyl groups excluding tert-OH is 1. The molecule has 0 spiro atoms. The number of benzene rings is 1. The maximum atomic E-state index is 13.3. The summed E-state index contributed by atoms with van der Waals surface area (Å²) in [6.07, 6.45) is -10.8. The molecule has 0 radical (unpaired) electrons. The molecule has 2 aromatic rings. The average Bonchev–Trinajstić information content (AvgIpc) is 3.18. The molecular formula is C18H17F6N3O2. The van der Waals surface area contributed by atoms with Gasteiger partial charge in [-0.25, -0.2) is 0 Å². The summed E-state index contributed by atoms with van der Waals surface area (Å²) in [4.78, 5) is 13.7. The van der Waals surface area contributed by atoms with Gasteiger partial charge in [0.2, 0.25) is 0 Å². The molecule has 2 heterocycles. The van der Waals surface area contributed by atoms with Crippen molar-refractivity contribution in [2.75, 3.05) is 13.1 Å². The second kappa shape index (κ2) is 7.36. The molecular weight excluding hydrogens is 404 g/mol. The Labute approximate surface area is 161 Å². The Balaban J connectivity index is 1.84. The van der Waals surface area contributed by atoms with E-state index in [4.69, 9.17) is 0 Å². The molecule has 11 heteroatoms. The topological polar surface area (TPSA) is 69.2 Å². The lowest BCUT2D eigenvalue weighted by molar-refractivity contribution is -0.143. The molecule has 0 aliphatic carbocycles. The Morgan fingerprint density at radius 2 is 1.86 bits per heavy atom. The van der Waals surface area contributed by atoms with Gasteiger partial charge in [-0.2, -0.15) is 31.4 Å². The summed E-state index contributed by atoms with van der Waals surface area (Å²) in [7, 11) is 0. The normalized spacial score (nSPS) is 20.3. The van der Waals surface area contributed by atoms with Crippen LogP contribution < -0.4 is 0 Å². The molecule has 1 saturated heterocycles. The van der Waals surface area contributed by atoms with Gasteiger partial charge in [-0.1, -0.05) is 0 Å². The van der Waals surface area contributed by atoms with Gasteiger partial charge in [0.25, 0.3) is 5.91 Å². The first-order valence-electron chi connectivity index (χ1n) is 8.63. The van der Waals surface area contributed by atoms with Crippen LogP contribution in [0.4, 0.5) is 26.3 Å². The Morgan fingerprint density at radius 3 is 2.41 bits per heavy atom. The Kier molecular flexibility index (Phi) is 5.37. The maximum Gasteiger partial charge on any atom is 0.417 e.